The number of aryl methyl sites for hydroxylation is 1. The molecule has 3 aromatic carbocycles. The minimum Gasteiger partial charge on any atom is -0.478 e. The number of hydrogen-bond donors (Lipinski definition) is 2. The summed E-state index contributed by atoms with van der Waals surface area (Å²) < 4.78 is 0. The Labute approximate surface area is 232 Å². The molecule has 1 heterocycles. The van der Waals surface area contributed by atoms with Crippen molar-refractivity contribution in [3.63, 3.8) is 0 Å². The van der Waals surface area contributed by atoms with E-state index in [0.717, 1.165) is 44.7 Å². The first-order chi connectivity index (χ1) is 18.7. The number of anilines is 1. The van der Waals surface area contributed by atoms with E-state index in [1.807, 2.05) is 12.1 Å². The van der Waals surface area contributed by atoms with E-state index in [9.17, 15) is 9.90 Å². The highest BCUT2D eigenvalue weighted by atomic mass is 16.4. The number of carbonyl (C=O) groups is 1. The standard InChI is InChI=1S/C34H39N3O2/c1-22-18-30-24(3)23(2)29(27-12-10-26(11-13-27)21-37-16-14-36(5)15-17-37)20-32(30)31(19-22)25(4)35-33-9-7-6-8-28(33)34(38)39/h6-13,18-19,25,35H,3,14-17,20-21H2,1-2,4-5H3,(H,38,39). The van der Waals surface area contributed by atoms with Crippen LogP contribution in [-0.4, -0.2) is 54.1 Å². The van der Waals surface area contributed by atoms with Crippen LogP contribution < -0.4 is 5.32 Å². The smallest absolute Gasteiger partial charge is 0.337 e. The molecule has 39 heavy (non-hydrogen) atoms. The minimum atomic E-state index is -0.929. The van der Waals surface area contributed by atoms with Crippen molar-refractivity contribution in [3.05, 3.63) is 112 Å². The van der Waals surface area contributed by atoms with E-state index in [4.69, 9.17) is 0 Å². The Bertz CT molecular complexity index is 1430. The monoisotopic (exact) mass is 521 g/mol. The Morgan fingerprint density at radius 3 is 2.41 bits per heavy atom. The Balaban J connectivity index is 1.41. The molecular formula is C34H39N3O2. The SMILES string of the molecule is C=C1C(C)=C(c2ccc(CN3CCN(C)CC3)cc2)Cc2c1cc(C)cc2C(C)Nc1ccccc1C(=O)O. The number of nitrogens with zero attached hydrogens (tertiary/aromatic N) is 2. The van der Waals surface area contributed by atoms with Gasteiger partial charge in [-0.25, -0.2) is 4.79 Å². The van der Waals surface area contributed by atoms with Gasteiger partial charge in [-0.2, -0.15) is 0 Å². The first kappa shape index (κ1) is 26.9. The minimum absolute atomic E-state index is 0.0717. The van der Waals surface area contributed by atoms with Gasteiger partial charge in [-0.15, -0.1) is 0 Å². The lowest BCUT2D eigenvalue weighted by molar-refractivity contribution is 0.0698. The highest BCUT2D eigenvalue weighted by Crippen LogP contribution is 2.42. The molecule has 0 radical (unpaired) electrons. The van der Waals surface area contributed by atoms with Crippen LogP contribution in [0.3, 0.4) is 0 Å². The fourth-order valence-corrected chi connectivity index (χ4v) is 5.89. The van der Waals surface area contributed by atoms with Gasteiger partial charge in [0, 0.05) is 44.5 Å². The molecular weight excluding hydrogens is 482 g/mol. The van der Waals surface area contributed by atoms with Crippen LogP contribution in [-0.2, 0) is 13.0 Å². The van der Waals surface area contributed by atoms with Gasteiger partial charge >= 0.3 is 5.97 Å². The first-order valence-electron chi connectivity index (χ1n) is 13.8. The normalized spacial score (nSPS) is 17.2. The molecule has 2 aliphatic rings. The average Bonchev–Trinajstić information content (AvgIpc) is 2.92. The molecule has 1 atom stereocenters. The molecule has 3 aromatic rings. The summed E-state index contributed by atoms with van der Waals surface area (Å²) in [6.45, 7) is 16.4. The molecule has 5 rings (SSSR count). The van der Waals surface area contributed by atoms with Crippen LogP contribution in [0.2, 0.25) is 0 Å². The second kappa shape index (κ2) is 11.2. The number of benzene rings is 3. The number of hydrogen-bond acceptors (Lipinski definition) is 4. The second-order valence-corrected chi connectivity index (χ2v) is 11.1. The van der Waals surface area contributed by atoms with Crippen molar-refractivity contribution in [2.75, 3.05) is 38.5 Å². The third kappa shape index (κ3) is 5.70. The molecule has 202 valence electrons. The van der Waals surface area contributed by atoms with E-state index >= 15 is 0 Å². The molecule has 5 nitrogen and oxygen atoms in total. The third-order valence-electron chi connectivity index (χ3n) is 8.31. The lowest BCUT2D eigenvalue weighted by atomic mass is 9.77. The highest BCUT2D eigenvalue weighted by molar-refractivity contribution is 5.95. The number of fused-ring (bicyclic) bond motifs is 1. The van der Waals surface area contributed by atoms with Crippen LogP contribution in [0.15, 0.2) is 72.8 Å². The predicted octanol–water partition coefficient (Wildman–Crippen LogP) is 6.66. The van der Waals surface area contributed by atoms with E-state index in [-0.39, 0.29) is 11.6 Å². The number of para-hydroxylation sites is 1. The summed E-state index contributed by atoms with van der Waals surface area (Å²) in [6.07, 6.45) is 0.820. The van der Waals surface area contributed by atoms with Gasteiger partial charge in [-0.3, -0.25) is 4.90 Å². The molecule has 0 amide bonds. The summed E-state index contributed by atoms with van der Waals surface area (Å²) in [4.78, 5) is 16.7. The van der Waals surface area contributed by atoms with Crippen molar-refractivity contribution in [2.45, 2.75) is 39.8 Å². The fourth-order valence-electron chi connectivity index (χ4n) is 5.89. The van der Waals surface area contributed by atoms with Gasteiger partial charge in [-0.05, 0) is 90.9 Å². The second-order valence-electron chi connectivity index (χ2n) is 11.1. The first-order valence-corrected chi connectivity index (χ1v) is 13.8. The van der Waals surface area contributed by atoms with Crippen LogP contribution in [0, 0.1) is 6.92 Å². The number of likely N-dealkylation sites (N-methyl/N-ethyl adjacent to an activating group) is 1. The van der Waals surface area contributed by atoms with Crippen molar-refractivity contribution < 1.29 is 9.90 Å². The van der Waals surface area contributed by atoms with Crippen LogP contribution in [0.4, 0.5) is 5.69 Å². The van der Waals surface area contributed by atoms with Gasteiger partial charge in [-0.1, -0.05) is 60.7 Å². The van der Waals surface area contributed by atoms with Gasteiger partial charge in [0.05, 0.1) is 5.56 Å². The molecule has 5 heteroatoms. The number of allylic oxidation sites excluding steroid dienone is 3. The van der Waals surface area contributed by atoms with Gasteiger partial charge in [0.2, 0.25) is 0 Å². The van der Waals surface area contributed by atoms with Crippen molar-refractivity contribution in [2.24, 2.45) is 0 Å². The largest absolute Gasteiger partial charge is 0.478 e. The Morgan fingerprint density at radius 2 is 1.72 bits per heavy atom. The van der Waals surface area contributed by atoms with E-state index in [1.165, 1.54) is 44.5 Å². The fraction of sp³-hybridized carbons (Fsp3) is 0.324. The van der Waals surface area contributed by atoms with Gasteiger partial charge in [0.25, 0.3) is 0 Å². The van der Waals surface area contributed by atoms with Gasteiger partial charge in [0.15, 0.2) is 0 Å². The lowest BCUT2D eigenvalue weighted by Crippen LogP contribution is -2.43. The maximum atomic E-state index is 11.8. The topological polar surface area (TPSA) is 55.8 Å². The number of piperazine rings is 1. The molecule has 0 bridgehead atoms. The summed E-state index contributed by atoms with van der Waals surface area (Å²) in [5, 5.41) is 13.2. The third-order valence-corrected chi connectivity index (χ3v) is 8.31. The predicted molar refractivity (Wildman–Crippen MR) is 161 cm³/mol. The quantitative estimate of drug-likeness (QED) is 0.364. The zero-order valence-electron chi connectivity index (χ0n) is 23.6. The average molecular weight is 522 g/mol. The molecule has 1 aliphatic heterocycles. The molecule has 0 aromatic heterocycles. The molecule has 0 spiro atoms. The van der Waals surface area contributed by atoms with Gasteiger partial charge in [0.1, 0.15) is 0 Å². The molecule has 1 saturated heterocycles. The molecule has 0 saturated carbocycles. The number of carboxylic acid groups (broad SMARTS) is 1. The van der Waals surface area contributed by atoms with Crippen LogP contribution in [0.1, 0.15) is 63.6 Å². The molecule has 1 unspecified atom stereocenters. The summed E-state index contributed by atoms with van der Waals surface area (Å²) in [6, 6.07) is 20.6. The summed E-state index contributed by atoms with van der Waals surface area (Å²) in [5.41, 5.74) is 11.9. The maximum absolute atomic E-state index is 11.8. The van der Waals surface area contributed by atoms with Crippen molar-refractivity contribution in [3.8, 4) is 0 Å². The molecule has 1 fully saturated rings. The Kier molecular flexibility index (Phi) is 7.74. The molecule has 2 N–H and O–H groups in total. The lowest BCUT2D eigenvalue weighted by Gasteiger charge is -2.32. The molecule has 1 aliphatic carbocycles. The summed E-state index contributed by atoms with van der Waals surface area (Å²) in [7, 11) is 2.19. The maximum Gasteiger partial charge on any atom is 0.337 e. The van der Waals surface area contributed by atoms with Crippen molar-refractivity contribution in [1.29, 1.82) is 0 Å². The Morgan fingerprint density at radius 1 is 1.03 bits per heavy atom. The number of nitrogens with one attached hydrogen (secondary N) is 1. The van der Waals surface area contributed by atoms with Crippen molar-refractivity contribution in [1.82, 2.24) is 9.80 Å². The van der Waals surface area contributed by atoms with E-state index in [2.05, 4.69) is 85.9 Å². The Hall–Kier alpha value is -3.67. The number of rotatable bonds is 7. The summed E-state index contributed by atoms with van der Waals surface area (Å²) >= 11 is 0. The van der Waals surface area contributed by atoms with Crippen LogP contribution in [0.25, 0.3) is 11.1 Å². The van der Waals surface area contributed by atoms with E-state index in [1.54, 1.807) is 12.1 Å². The zero-order chi connectivity index (χ0) is 27.7. The van der Waals surface area contributed by atoms with E-state index in [0.29, 0.717) is 5.69 Å². The van der Waals surface area contributed by atoms with Crippen LogP contribution in [0.5, 0.6) is 0 Å². The highest BCUT2D eigenvalue weighted by Gasteiger charge is 2.25. The zero-order valence-corrected chi connectivity index (χ0v) is 23.6. The number of carboxylic acids is 1. The van der Waals surface area contributed by atoms with E-state index < -0.39 is 5.97 Å². The van der Waals surface area contributed by atoms with Crippen LogP contribution >= 0.6 is 0 Å². The van der Waals surface area contributed by atoms with Gasteiger partial charge < -0.3 is 15.3 Å². The number of aromatic carboxylic acids is 1. The summed E-state index contributed by atoms with van der Waals surface area (Å²) in [5.74, 6) is -0.929. The van der Waals surface area contributed by atoms with Crippen molar-refractivity contribution >= 4 is 22.8 Å².